The maximum atomic E-state index is 12.5. The molecule has 41 heavy (non-hydrogen) atoms. The van der Waals surface area contributed by atoms with Crippen LogP contribution >= 0.6 is 0 Å². The van der Waals surface area contributed by atoms with Gasteiger partial charge in [0, 0.05) is 35.1 Å². The van der Waals surface area contributed by atoms with E-state index in [1.807, 2.05) is 0 Å². The maximum Gasteiger partial charge on any atom is 0.360 e. The molecule has 11 heteroatoms. The number of urea groups is 1. The van der Waals surface area contributed by atoms with Crippen LogP contribution in [0.4, 0.5) is 10.5 Å². The van der Waals surface area contributed by atoms with E-state index in [-0.39, 0.29) is 45.8 Å². The number of carboxylic acid groups (broad SMARTS) is 2. The van der Waals surface area contributed by atoms with E-state index < -0.39 is 24.0 Å². The van der Waals surface area contributed by atoms with E-state index >= 15 is 0 Å². The number of rotatable bonds is 7. The van der Waals surface area contributed by atoms with Gasteiger partial charge in [-0.1, -0.05) is 35.4 Å². The van der Waals surface area contributed by atoms with Crippen LogP contribution in [0.3, 0.4) is 0 Å². The Labute approximate surface area is 231 Å². The number of aromatic carboxylic acids is 1. The second-order valence-corrected chi connectivity index (χ2v) is 9.08. The van der Waals surface area contributed by atoms with Gasteiger partial charge in [-0.25, -0.2) is 14.4 Å². The van der Waals surface area contributed by atoms with E-state index in [9.17, 15) is 34.5 Å². The molecule has 11 nitrogen and oxygen atoms in total. The van der Waals surface area contributed by atoms with E-state index in [0.717, 1.165) is 0 Å². The number of nitrogens with zero attached hydrogens (tertiary/aromatic N) is 2. The molecule has 3 aromatic carbocycles. The molecule has 0 aromatic heterocycles. The van der Waals surface area contributed by atoms with Crippen LogP contribution in [-0.4, -0.2) is 39.3 Å². The minimum absolute atomic E-state index is 0.0364. The Morgan fingerprint density at radius 1 is 0.878 bits per heavy atom. The summed E-state index contributed by atoms with van der Waals surface area (Å²) < 4.78 is 5.83. The van der Waals surface area contributed by atoms with Crippen LogP contribution in [-0.2, 0) is 11.2 Å². The lowest BCUT2D eigenvalue weighted by molar-refractivity contribution is -0.139. The highest BCUT2D eigenvalue weighted by Crippen LogP contribution is 2.42. The van der Waals surface area contributed by atoms with E-state index in [1.165, 1.54) is 48.5 Å². The van der Waals surface area contributed by atoms with Crippen molar-refractivity contribution in [3.63, 3.8) is 0 Å². The zero-order valence-electron chi connectivity index (χ0n) is 21.1. The van der Waals surface area contributed by atoms with Crippen molar-refractivity contribution >= 4 is 34.6 Å². The molecule has 0 spiro atoms. The Morgan fingerprint density at radius 3 is 2.39 bits per heavy atom. The zero-order chi connectivity index (χ0) is 29.1. The summed E-state index contributed by atoms with van der Waals surface area (Å²) in [5.41, 5.74) is 1.61. The fourth-order valence-corrected chi connectivity index (χ4v) is 4.47. The Kier molecular flexibility index (Phi) is 7.25. The van der Waals surface area contributed by atoms with Gasteiger partial charge >= 0.3 is 18.0 Å². The Balaban J connectivity index is 1.54. The molecule has 5 rings (SSSR count). The molecule has 4 N–H and O–H groups in total. The number of amides is 2. The van der Waals surface area contributed by atoms with Gasteiger partial charge in [-0.2, -0.15) is 0 Å². The van der Waals surface area contributed by atoms with Gasteiger partial charge in [0.25, 0.3) is 0 Å². The van der Waals surface area contributed by atoms with Crippen LogP contribution in [0.15, 0.2) is 104 Å². The topological polar surface area (TPSA) is 179 Å². The number of fused-ring (bicyclic) bond motifs is 2. The fraction of sp³-hybridized carbons (Fsp3) is 0.0667. The monoisotopic (exact) mass is 551 g/mol. The van der Waals surface area contributed by atoms with Crippen molar-refractivity contribution in [3.05, 3.63) is 106 Å². The number of hydrogen-bond acceptors (Lipinski definition) is 7. The normalized spacial score (nSPS) is 12.0. The standard InChI is InChI=1S/C30H21N3O8/c34-18-7-10-21-25(14-18)41-26-15-19(35)8-11-22(26)27(21)23-13-17(6-9-20(23)28(36)37)32-33-30(40)31-24(29(38)39)12-16-4-2-1-3-5-16/h1-11,13-15,24,34H,12H2,(H,31,40)(H,36,37)(H,38,39)/t24-/m0/s1. The Morgan fingerprint density at radius 2 is 1.66 bits per heavy atom. The van der Waals surface area contributed by atoms with Crippen molar-refractivity contribution in [2.75, 3.05) is 0 Å². The Hall–Kier alpha value is -5.84. The first-order valence-corrected chi connectivity index (χ1v) is 12.3. The van der Waals surface area contributed by atoms with E-state index in [0.29, 0.717) is 22.1 Å². The third-order valence-corrected chi connectivity index (χ3v) is 6.31. The third-order valence-electron chi connectivity index (χ3n) is 6.31. The fourth-order valence-electron chi connectivity index (χ4n) is 4.47. The number of hydrogen-bond donors (Lipinski definition) is 4. The predicted molar refractivity (Wildman–Crippen MR) is 148 cm³/mol. The summed E-state index contributed by atoms with van der Waals surface area (Å²) >= 11 is 0. The van der Waals surface area contributed by atoms with Gasteiger partial charge in [0.2, 0.25) is 0 Å². The average Bonchev–Trinajstić information content (AvgIpc) is 2.94. The van der Waals surface area contributed by atoms with Crippen molar-refractivity contribution in [2.45, 2.75) is 12.5 Å². The maximum absolute atomic E-state index is 12.5. The molecular weight excluding hydrogens is 530 g/mol. The largest absolute Gasteiger partial charge is 0.508 e. The lowest BCUT2D eigenvalue weighted by Crippen LogP contribution is -2.40. The minimum Gasteiger partial charge on any atom is -0.508 e. The average molecular weight is 552 g/mol. The molecule has 2 aliphatic rings. The minimum atomic E-state index is -1.25. The number of carbonyl (C=O) groups is 3. The second-order valence-electron chi connectivity index (χ2n) is 9.08. The van der Waals surface area contributed by atoms with Crippen LogP contribution in [0.1, 0.15) is 15.9 Å². The first-order chi connectivity index (χ1) is 19.7. The van der Waals surface area contributed by atoms with Crippen LogP contribution < -0.4 is 10.7 Å². The van der Waals surface area contributed by atoms with E-state index in [4.69, 9.17) is 4.42 Å². The summed E-state index contributed by atoms with van der Waals surface area (Å²) in [5.74, 6) is -2.41. The van der Waals surface area contributed by atoms with Gasteiger partial charge < -0.3 is 25.1 Å². The Bertz CT molecular complexity index is 1860. The number of aliphatic carboxylic acids is 1. The van der Waals surface area contributed by atoms with E-state index in [2.05, 4.69) is 15.5 Å². The van der Waals surface area contributed by atoms with Crippen molar-refractivity contribution in [3.8, 4) is 28.2 Å². The lowest BCUT2D eigenvalue weighted by Gasteiger charge is -2.17. The van der Waals surface area contributed by atoms with Crippen molar-refractivity contribution in [1.82, 2.24) is 5.32 Å². The van der Waals surface area contributed by atoms with Crippen LogP contribution in [0.2, 0.25) is 0 Å². The van der Waals surface area contributed by atoms with Crippen LogP contribution in [0.5, 0.6) is 5.75 Å². The summed E-state index contributed by atoms with van der Waals surface area (Å²) in [6, 6.07) is 19.0. The number of phenolic OH excluding ortho intramolecular Hbond substituents is 1. The number of aromatic hydroxyl groups is 1. The molecule has 0 fully saturated rings. The van der Waals surface area contributed by atoms with Crippen LogP contribution in [0.25, 0.3) is 33.4 Å². The first kappa shape index (κ1) is 26.8. The molecule has 3 aromatic rings. The SMILES string of the molecule is O=C(N=Nc1ccc(C(=O)O)c(-c2c3ccc(=O)cc-3oc3cc(O)ccc23)c1)N[C@@H](Cc1ccccc1)C(=O)O. The molecule has 0 radical (unpaired) electrons. The first-order valence-electron chi connectivity index (χ1n) is 12.3. The summed E-state index contributed by atoms with van der Waals surface area (Å²) in [4.78, 5) is 48.4. The summed E-state index contributed by atoms with van der Waals surface area (Å²) in [7, 11) is 0. The molecule has 1 aliphatic carbocycles. The van der Waals surface area contributed by atoms with Gasteiger partial charge in [-0.05, 0) is 53.6 Å². The molecule has 1 atom stereocenters. The molecule has 0 saturated heterocycles. The molecule has 0 saturated carbocycles. The molecule has 1 aliphatic heterocycles. The number of nitrogens with one attached hydrogen (secondary N) is 1. The van der Waals surface area contributed by atoms with Crippen LogP contribution in [0, 0.1) is 0 Å². The zero-order valence-corrected chi connectivity index (χ0v) is 21.1. The van der Waals surface area contributed by atoms with Gasteiger partial charge in [-0.3, -0.25) is 4.79 Å². The molecule has 0 bridgehead atoms. The van der Waals surface area contributed by atoms with Crippen molar-refractivity contribution < 1.29 is 34.1 Å². The number of benzene rings is 4. The quantitative estimate of drug-likeness (QED) is 0.152. The van der Waals surface area contributed by atoms with E-state index in [1.54, 1.807) is 36.4 Å². The summed E-state index contributed by atoms with van der Waals surface area (Å²) in [6.07, 6.45) is 0.0364. The van der Waals surface area contributed by atoms with Crippen molar-refractivity contribution in [2.24, 2.45) is 10.2 Å². The molecule has 1 heterocycles. The summed E-state index contributed by atoms with van der Waals surface area (Å²) in [6.45, 7) is 0. The highest BCUT2D eigenvalue weighted by Gasteiger charge is 2.23. The smallest absolute Gasteiger partial charge is 0.360 e. The van der Waals surface area contributed by atoms with Gasteiger partial charge in [0.15, 0.2) is 5.43 Å². The van der Waals surface area contributed by atoms with Crippen molar-refractivity contribution in [1.29, 1.82) is 0 Å². The van der Waals surface area contributed by atoms with Gasteiger partial charge in [0.05, 0.1) is 11.3 Å². The molecule has 0 unspecified atom stereocenters. The molecule has 204 valence electrons. The highest BCUT2D eigenvalue weighted by molar-refractivity contribution is 6.08. The number of azo groups is 1. The lowest BCUT2D eigenvalue weighted by atomic mass is 9.90. The number of carbonyl (C=O) groups excluding carboxylic acids is 1. The molecule has 2 amide bonds. The third kappa shape index (κ3) is 5.78. The van der Waals surface area contributed by atoms with Gasteiger partial charge in [0.1, 0.15) is 23.1 Å². The highest BCUT2D eigenvalue weighted by atomic mass is 16.4. The second kappa shape index (κ2) is 11.1. The number of carboxylic acids is 2. The predicted octanol–water partition coefficient (Wildman–Crippen LogP) is 5.46. The summed E-state index contributed by atoms with van der Waals surface area (Å²) in [5, 5.41) is 39.7. The molecular formula is C30H21N3O8. The van der Waals surface area contributed by atoms with Gasteiger partial charge in [-0.15, -0.1) is 5.11 Å². The number of phenols is 1.